The predicted molar refractivity (Wildman–Crippen MR) is 85.1 cm³/mol. The molecular weight excluding hydrogens is 274 g/mol. The van der Waals surface area contributed by atoms with Gasteiger partial charge in [-0.2, -0.15) is 0 Å². The number of nitrogens with zero attached hydrogens (tertiary/aromatic N) is 1. The molecule has 1 amide bonds. The quantitative estimate of drug-likeness (QED) is 0.774. The molecule has 0 heterocycles. The Hall–Kier alpha value is -1.26. The van der Waals surface area contributed by atoms with Gasteiger partial charge in [0.25, 0.3) is 0 Å². The molecule has 0 aliphatic carbocycles. The summed E-state index contributed by atoms with van der Waals surface area (Å²) in [6, 6.07) is 5.77. The lowest BCUT2D eigenvalue weighted by Gasteiger charge is -2.28. The van der Waals surface area contributed by atoms with Gasteiger partial charge in [-0.25, -0.2) is 0 Å². The number of hydrogen-bond donors (Lipinski definition) is 2. The number of nitrogens with one attached hydrogen (secondary N) is 1. The van der Waals surface area contributed by atoms with Crippen molar-refractivity contribution in [2.75, 3.05) is 24.5 Å². The summed E-state index contributed by atoms with van der Waals surface area (Å²) in [5.74, 6) is 0.0975. The van der Waals surface area contributed by atoms with Gasteiger partial charge in [0, 0.05) is 23.8 Å². The number of rotatable bonds is 8. The number of carbonyl (C=O) groups excluding carboxylic acids is 1. The van der Waals surface area contributed by atoms with Crippen molar-refractivity contribution in [3.63, 3.8) is 0 Å². The summed E-state index contributed by atoms with van der Waals surface area (Å²) >= 11 is 6.10. The summed E-state index contributed by atoms with van der Waals surface area (Å²) in [5, 5.41) is 3.97. The Bertz CT molecular complexity index is 449. The van der Waals surface area contributed by atoms with E-state index in [1.807, 2.05) is 23.1 Å². The van der Waals surface area contributed by atoms with Crippen LogP contribution in [0.15, 0.2) is 18.2 Å². The van der Waals surface area contributed by atoms with Crippen molar-refractivity contribution in [2.24, 2.45) is 11.7 Å². The summed E-state index contributed by atoms with van der Waals surface area (Å²) < 4.78 is 0. The highest BCUT2D eigenvalue weighted by atomic mass is 35.5. The van der Waals surface area contributed by atoms with Crippen LogP contribution in [0.25, 0.3) is 0 Å². The molecule has 0 atom stereocenters. The molecule has 0 saturated carbocycles. The molecule has 0 aliphatic rings. The van der Waals surface area contributed by atoms with Gasteiger partial charge in [0.2, 0.25) is 5.91 Å². The zero-order valence-electron chi connectivity index (χ0n) is 12.4. The second-order valence-corrected chi connectivity index (χ2v) is 5.73. The third-order valence-electron chi connectivity index (χ3n) is 2.89. The lowest BCUT2D eigenvalue weighted by molar-refractivity contribution is -0.116. The van der Waals surface area contributed by atoms with Crippen molar-refractivity contribution in [3.05, 3.63) is 28.8 Å². The van der Waals surface area contributed by atoms with E-state index in [-0.39, 0.29) is 12.5 Å². The maximum absolute atomic E-state index is 11.3. The number of hydrogen-bond acceptors (Lipinski definition) is 3. The number of anilines is 1. The minimum absolute atomic E-state index is 0.206. The number of primary amides is 1. The molecule has 0 bridgehead atoms. The number of amides is 1. The van der Waals surface area contributed by atoms with Crippen molar-refractivity contribution in [3.8, 4) is 0 Å². The third-order valence-corrected chi connectivity index (χ3v) is 3.12. The normalized spacial score (nSPS) is 10.8. The summed E-state index contributed by atoms with van der Waals surface area (Å²) in [6.07, 6.45) is 0. The number of benzene rings is 1. The fraction of sp³-hybridized carbons (Fsp3) is 0.533. The first-order valence-corrected chi connectivity index (χ1v) is 7.34. The average Bonchev–Trinajstić information content (AvgIpc) is 2.35. The van der Waals surface area contributed by atoms with Gasteiger partial charge >= 0.3 is 0 Å². The van der Waals surface area contributed by atoms with Crippen LogP contribution in [0, 0.1) is 5.92 Å². The van der Waals surface area contributed by atoms with Crippen LogP contribution in [0.4, 0.5) is 5.69 Å². The standard InChI is InChI=1S/C15H24ClN3O/c1-4-18-8-12-5-6-13(16)7-14(12)19(9-11(2)3)10-15(17)20/h5-7,11,18H,4,8-10H2,1-3H3,(H2,17,20). The first kappa shape index (κ1) is 16.8. The largest absolute Gasteiger partial charge is 0.368 e. The zero-order valence-corrected chi connectivity index (χ0v) is 13.2. The second-order valence-electron chi connectivity index (χ2n) is 5.29. The Morgan fingerprint density at radius 3 is 2.70 bits per heavy atom. The fourth-order valence-electron chi connectivity index (χ4n) is 2.12. The Kier molecular flexibility index (Phi) is 6.82. The minimum atomic E-state index is -0.333. The molecule has 0 radical (unpaired) electrons. The predicted octanol–water partition coefficient (Wildman–Crippen LogP) is 2.40. The molecule has 0 aromatic heterocycles. The van der Waals surface area contributed by atoms with Gasteiger partial charge in [0.15, 0.2) is 0 Å². The zero-order chi connectivity index (χ0) is 15.1. The highest BCUT2D eigenvalue weighted by Gasteiger charge is 2.15. The van der Waals surface area contributed by atoms with Gasteiger partial charge in [0.1, 0.15) is 0 Å². The lowest BCUT2D eigenvalue weighted by atomic mass is 10.1. The average molecular weight is 298 g/mol. The van der Waals surface area contributed by atoms with Crippen LogP contribution < -0.4 is 16.0 Å². The maximum Gasteiger partial charge on any atom is 0.236 e. The summed E-state index contributed by atoms with van der Waals surface area (Å²) in [5.41, 5.74) is 7.47. The van der Waals surface area contributed by atoms with Gasteiger partial charge in [-0.1, -0.05) is 38.4 Å². The van der Waals surface area contributed by atoms with Crippen molar-refractivity contribution in [1.29, 1.82) is 0 Å². The van der Waals surface area contributed by atoms with E-state index in [0.29, 0.717) is 10.9 Å². The number of carbonyl (C=O) groups is 1. The number of halogens is 1. The van der Waals surface area contributed by atoms with E-state index < -0.39 is 0 Å². The molecule has 1 rings (SSSR count). The van der Waals surface area contributed by atoms with E-state index in [4.69, 9.17) is 17.3 Å². The highest BCUT2D eigenvalue weighted by molar-refractivity contribution is 6.30. The van der Waals surface area contributed by atoms with Crippen molar-refractivity contribution in [2.45, 2.75) is 27.3 Å². The van der Waals surface area contributed by atoms with Crippen LogP contribution in [0.5, 0.6) is 0 Å². The molecule has 1 aromatic rings. The molecule has 112 valence electrons. The number of nitrogens with two attached hydrogens (primary N) is 1. The van der Waals surface area contributed by atoms with Crippen LogP contribution in [0.3, 0.4) is 0 Å². The molecule has 5 heteroatoms. The molecule has 0 fully saturated rings. The third kappa shape index (κ3) is 5.39. The molecule has 0 spiro atoms. The van der Waals surface area contributed by atoms with Gasteiger partial charge in [0.05, 0.1) is 6.54 Å². The summed E-state index contributed by atoms with van der Waals surface area (Å²) in [4.78, 5) is 13.3. The Morgan fingerprint density at radius 2 is 2.15 bits per heavy atom. The molecule has 1 aromatic carbocycles. The van der Waals surface area contributed by atoms with E-state index in [1.54, 1.807) is 0 Å². The van der Waals surface area contributed by atoms with Gasteiger partial charge in [-0.3, -0.25) is 4.79 Å². The van der Waals surface area contributed by atoms with Gasteiger partial charge in [-0.15, -0.1) is 0 Å². The van der Waals surface area contributed by atoms with Crippen LogP contribution in [0.1, 0.15) is 26.3 Å². The smallest absolute Gasteiger partial charge is 0.236 e. The highest BCUT2D eigenvalue weighted by Crippen LogP contribution is 2.25. The van der Waals surface area contributed by atoms with Crippen LogP contribution in [-0.4, -0.2) is 25.5 Å². The Morgan fingerprint density at radius 1 is 1.45 bits per heavy atom. The molecule has 0 unspecified atom stereocenters. The molecular formula is C15H24ClN3O. The lowest BCUT2D eigenvalue weighted by Crippen LogP contribution is -2.37. The van der Waals surface area contributed by atoms with Crippen molar-refractivity contribution in [1.82, 2.24) is 5.32 Å². The van der Waals surface area contributed by atoms with Crippen LogP contribution in [-0.2, 0) is 11.3 Å². The van der Waals surface area contributed by atoms with E-state index >= 15 is 0 Å². The molecule has 0 saturated heterocycles. The molecule has 0 aliphatic heterocycles. The van der Waals surface area contributed by atoms with E-state index in [9.17, 15) is 4.79 Å². The van der Waals surface area contributed by atoms with Gasteiger partial charge < -0.3 is 16.0 Å². The summed E-state index contributed by atoms with van der Waals surface area (Å²) in [7, 11) is 0. The monoisotopic (exact) mass is 297 g/mol. The molecule has 4 nitrogen and oxygen atoms in total. The molecule has 20 heavy (non-hydrogen) atoms. The van der Waals surface area contributed by atoms with E-state index in [0.717, 1.165) is 30.9 Å². The molecule has 3 N–H and O–H groups in total. The fourth-order valence-corrected chi connectivity index (χ4v) is 2.28. The second kappa shape index (κ2) is 8.12. The SMILES string of the molecule is CCNCc1ccc(Cl)cc1N(CC(N)=O)CC(C)C. The van der Waals surface area contributed by atoms with Crippen LogP contribution in [0.2, 0.25) is 5.02 Å². The minimum Gasteiger partial charge on any atom is -0.368 e. The Balaban J connectivity index is 3.07. The van der Waals surface area contributed by atoms with Crippen molar-refractivity contribution < 1.29 is 4.79 Å². The van der Waals surface area contributed by atoms with E-state index in [1.165, 1.54) is 0 Å². The topological polar surface area (TPSA) is 58.4 Å². The first-order valence-electron chi connectivity index (χ1n) is 6.96. The van der Waals surface area contributed by atoms with Crippen molar-refractivity contribution >= 4 is 23.2 Å². The maximum atomic E-state index is 11.3. The first-order chi connectivity index (χ1) is 9.43. The summed E-state index contributed by atoms with van der Waals surface area (Å²) in [6.45, 7) is 8.90. The van der Waals surface area contributed by atoms with Crippen LogP contribution >= 0.6 is 11.6 Å². The van der Waals surface area contributed by atoms with Gasteiger partial charge in [-0.05, 0) is 30.2 Å². The van der Waals surface area contributed by atoms with E-state index in [2.05, 4.69) is 26.1 Å². The Labute approximate surface area is 126 Å².